The minimum absolute atomic E-state index is 0.221. The number of aldehydes is 1. The number of methoxy groups -OCH3 is 1. The predicted molar refractivity (Wildman–Crippen MR) is 114 cm³/mol. The second-order valence-electron chi connectivity index (χ2n) is 6.92. The molecule has 0 bridgehead atoms. The molecule has 3 aromatic rings. The highest BCUT2D eigenvalue weighted by Crippen LogP contribution is 2.33. The van der Waals surface area contributed by atoms with Crippen LogP contribution in [0.1, 0.15) is 40.4 Å². The van der Waals surface area contributed by atoms with Crippen LogP contribution in [0.5, 0.6) is 11.5 Å². The van der Waals surface area contributed by atoms with Gasteiger partial charge in [-0.25, -0.2) is 0 Å². The van der Waals surface area contributed by atoms with Gasteiger partial charge in [-0.15, -0.1) is 0 Å². The molecule has 0 amide bonds. The molecular weight excluding hydrogens is 364 g/mol. The fourth-order valence-electron chi connectivity index (χ4n) is 3.07. The van der Waals surface area contributed by atoms with Gasteiger partial charge in [-0.05, 0) is 29.3 Å². The highest BCUT2D eigenvalue weighted by atomic mass is 16.5. The van der Waals surface area contributed by atoms with E-state index in [2.05, 4.69) is 19.1 Å². The monoisotopic (exact) mass is 390 g/mol. The predicted octanol–water partition coefficient (Wildman–Crippen LogP) is 5.45. The molecule has 0 saturated heterocycles. The van der Waals surface area contributed by atoms with E-state index < -0.39 is 0 Å². The molecule has 0 aromatic heterocycles. The topological polar surface area (TPSA) is 44.8 Å². The molecule has 0 spiro atoms. The van der Waals surface area contributed by atoms with Crippen molar-refractivity contribution < 1.29 is 19.0 Å². The van der Waals surface area contributed by atoms with Crippen molar-refractivity contribution in [2.24, 2.45) is 0 Å². The van der Waals surface area contributed by atoms with Gasteiger partial charge in [0, 0.05) is 18.6 Å². The van der Waals surface area contributed by atoms with Crippen LogP contribution in [0.4, 0.5) is 0 Å². The first-order valence-electron chi connectivity index (χ1n) is 9.68. The molecular formula is C25H26O4. The van der Waals surface area contributed by atoms with Crippen LogP contribution in [-0.4, -0.2) is 26.6 Å². The van der Waals surface area contributed by atoms with Crippen LogP contribution < -0.4 is 9.47 Å². The van der Waals surface area contributed by atoms with Crippen LogP contribution in [0.3, 0.4) is 0 Å². The Bertz CT molecular complexity index is 893. The van der Waals surface area contributed by atoms with Gasteiger partial charge < -0.3 is 14.2 Å². The first-order chi connectivity index (χ1) is 14.2. The molecule has 3 aromatic carbocycles. The van der Waals surface area contributed by atoms with Gasteiger partial charge in [-0.3, -0.25) is 4.79 Å². The third kappa shape index (κ3) is 5.69. The molecule has 0 N–H and O–H groups in total. The van der Waals surface area contributed by atoms with E-state index in [1.807, 2.05) is 48.5 Å². The second kappa shape index (κ2) is 10.4. The molecule has 0 aliphatic rings. The van der Waals surface area contributed by atoms with E-state index in [-0.39, 0.29) is 12.0 Å². The zero-order chi connectivity index (χ0) is 20.5. The Morgan fingerprint density at radius 3 is 2.10 bits per heavy atom. The summed E-state index contributed by atoms with van der Waals surface area (Å²) in [5, 5.41) is 0. The molecule has 1 unspecified atom stereocenters. The first kappa shape index (κ1) is 20.6. The number of benzene rings is 3. The molecule has 29 heavy (non-hydrogen) atoms. The summed E-state index contributed by atoms with van der Waals surface area (Å²) in [7, 11) is 1.64. The van der Waals surface area contributed by atoms with Gasteiger partial charge in [0.1, 0.15) is 12.4 Å². The summed E-state index contributed by atoms with van der Waals surface area (Å²) in [6, 6.07) is 25.3. The van der Waals surface area contributed by atoms with Crippen LogP contribution in [0.25, 0.3) is 0 Å². The van der Waals surface area contributed by atoms with E-state index in [1.165, 1.54) is 5.56 Å². The first-order valence-corrected chi connectivity index (χ1v) is 9.68. The molecule has 0 fully saturated rings. The maximum Gasteiger partial charge on any atom is 0.162 e. The quantitative estimate of drug-likeness (QED) is 0.432. The third-order valence-electron chi connectivity index (χ3n) is 4.72. The van der Waals surface area contributed by atoms with Crippen LogP contribution >= 0.6 is 0 Å². The Labute approximate surface area is 172 Å². The average Bonchev–Trinajstić information content (AvgIpc) is 2.78. The highest BCUT2D eigenvalue weighted by Gasteiger charge is 2.17. The van der Waals surface area contributed by atoms with E-state index in [9.17, 15) is 4.79 Å². The Balaban J connectivity index is 1.80. The molecule has 0 heterocycles. The lowest BCUT2D eigenvalue weighted by atomic mass is 10.0. The Hall–Kier alpha value is -3.11. The number of carbonyl (C=O) groups is 1. The summed E-state index contributed by atoms with van der Waals surface area (Å²) >= 11 is 0. The smallest absolute Gasteiger partial charge is 0.162 e. The summed E-state index contributed by atoms with van der Waals surface area (Å²) in [6.07, 6.45) is 0.494. The lowest BCUT2D eigenvalue weighted by Crippen LogP contribution is -2.15. The molecule has 0 saturated carbocycles. The van der Waals surface area contributed by atoms with E-state index >= 15 is 0 Å². The van der Waals surface area contributed by atoms with Crippen LogP contribution in [0.2, 0.25) is 0 Å². The van der Waals surface area contributed by atoms with Crippen molar-refractivity contribution in [3.8, 4) is 11.5 Å². The molecule has 4 heteroatoms. The van der Waals surface area contributed by atoms with Crippen LogP contribution in [0.15, 0.2) is 78.9 Å². The van der Waals surface area contributed by atoms with Crippen molar-refractivity contribution in [3.05, 3.63) is 95.6 Å². The van der Waals surface area contributed by atoms with Crippen molar-refractivity contribution in [2.45, 2.75) is 18.9 Å². The summed E-state index contributed by atoms with van der Waals surface area (Å²) in [6.45, 7) is 3.00. The summed E-state index contributed by atoms with van der Waals surface area (Å²) in [5.74, 6) is 1.36. The van der Waals surface area contributed by atoms with Gasteiger partial charge in [0.05, 0.1) is 13.2 Å². The Morgan fingerprint density at radius 2 is 1.48 bits per heavy atom. The Morgan fingerprint density at radius 1 is 0.828 bits per heavy atom. The van der Waals surface area contributed by atoms with Crippen molar-refractivity contribution in [1.82, 2.24) is 0 Å². The summed E-state index contributed by atoms with van der Waals surface area (Å²) < 4.78 is 17.7. The molecule has 0 aliphatic heterocycles. The van der Waals surface area contributed by atoms with E-state index in [0.717, 1.165) is 11.8 Å². The zero-order valence-corrected chi connectivity index (χ0v) is 16.8. The molecule has 4 nitrogen and oxygen atoms in total. The van der Waals surface area contributed by atoms with Crippen molar-refractivity contribution in [2.75, 3.05) is 20.3 Å². The van der Waals surface area contributed by atoms with Gasteiger partial charge in [0.15, 0.2) is 11.5 Å². The number of hydrogen-bond acceptors (Lipinski definition) is 4. The van der Waals surface area contributed by atoms with Crippen molar-refractivity contribution in [3.63, 3.8) is 0 Å². The zero-order valence-electron chi connectivity index (χ0n) is 16.8. The van der Waals surface area contributed by atoms with Gasteiger partial charge >= 0.3 is 0 Å². The normalized spacial score (nSPS) is 12.8. The fourth-order valence-corrected chi connectivity index (χ4v) is 3.07. The van der Waals surface area contributed by atoms with Gasteiger partial charge in [-0.1, -0.05) is 67.6 Å². The minimum Gasteiger partial charge on any atom is -0.489 e. The van der Waals surface area contributed by atoms with E-state index in [0.29, 0.717) is 30.3 Å². The number of rotatable bonds is 10. The van der Waals surface area contributed by atoms with Gasteiger partial charge in [-0.2, -0.15) is 0 Å². The fraction of sp³-hybridized carbons (Fsp3) is 0.240. The van der Waals surface area contributed by atoms with Crippen LogP contribution in [-0.2, 0) is 4.74 Å². The highest BCUT2D eigenvalue weighted by molar-refractivity contribution is 5.76. The molecule has 3 rings (SSSR count). The SMILES string of the molecule is COCC(Oc1cc(C=O)ccc1OC[C@@H](C)c1ccccc1)c1ccccc1. The maximum atomic E-state index is 11.3. The molecule has 150 valence electrons. The largest absolute Gasteiger partial charge is 0.489 e. The second-order valence-corrected chi connectivity index (χ2v) is 6.92. The number of carbonyl (C=O) groups excluding carboxylic acids is 1. The van der Waals surface area contributed by atoms with Crippen LogP contribution in [0, 0.1) is 0 Å². The summed E-state index contributed by atoms with van der Waals surface area (Å²) in [4.78, 5) is 11.3. The van der Waals surface area contributed by atoms with Crippen molar-refractivity contribution in [1.29, 1.82) is 0 Å². The third-order valence-corrected chi connectivity index (χ3v) is 4.72. The maximum absolute atomic E-state index is 11.3. The molecule has 2 atom stereocenters. The number of hydrogen-bond donors (Lipinski definition) is 0. The van der Waals surface area contributed by atoms with E-state index in [1.54, 1.807) is 25.3 Å². The van der Waals surface area contributed by atoms with Gasteiger partial charge in [0.25, 0.3) is 0 Å². The molecule has 0 aliphatic carbocycles. The number of ether oxygens (including phenoxy) is 3. The minimum atomic E-state index is -0.308. The van der Waals surface area contributed by atoms with E-state index in [4.69, 9.17) is 14.2 Å². The van der Waals surface area contributed by atoms with Crippen molar-refractivity contribution >= 4 is 6.29 Å². The van der Waals surface area contributed by atoms with Gasteiger partial charge in [0.2, 0.25) is 0 Å². The standard InChI is InChI=1S/C25H26O4/c1-19(21-9-5-3-6-10-21)17-28-23-14-13-20(16-26)15-24(23)29-25(18-27-2)22-11-7-4-8-12-22/h3-16,19,25H,17-18H2,1-2H3/t19-,25?/m1/s1. The lowest BCUT2D eigenvalue weighted by molar-refractivity contribution is 0.0780. The Kier molecular flexibility index (Phi) is 7.42. The molecule has 0 radical (unpaired) electrons. The summed E-state index contributed by atoms with van der Waals surface area (Å²) in [5.41, 5.74) is 2.74. The lowest BCUT2D eigenvalue weighted by Gasteiger charge is -2.22. The average molecular weight is 390 g/mol.